The Balaban J connectivity index is 2.28. The maximum atomic E-state index is 11.8. The van der Waals surface area contributed by atoms with Crippen LogP contribution < -0.4 is 3.61 Å². The van der Waals surface area contributed by atoms with Crippen molar-refractivity contribution in [2.24, 2.45) is 0 Å². The van der Waals surface area contributed by atoms with Gasteiger partial charge in [0.05, 0.1) is 0 Å². The van der Waals surface area contributed by atoms with Gasteiger partial charge in [-0.15, -0.1) is 0 Å². The Kier molecular flexibility index (Phi) is 4.82. The molecule has 18 heavy (non-hydrogen) atoms. The zero-order chi connectivity index (χ0) is 13.0. The number of aliphatic hydroxyl groups is 1. The van der Waals surface area contributed by atoms with Gasteiger partial charge < -0.3 is 0 Å². The van der Waals surface area contributed by atoms with E-state index in [1.165, 1.54) is 10.7 Å². The standard InChI is InChI=1S/C14H16O3Te/c1-17-14(16)13-11(15)8-5-9-12(13)18-10-6-3-2-4-7-10/h2-4,6-7,11,15H,5,8-9H2,1H3. The number of allylic oxidation sites excluding steroid dienone is 1. The molecule has 1 atom stereocenters. The van der Waals surface area contributed by atoms with Gasteiger partial charge in [-0.2, -0.15) is 0 Å². The van der Waals surface area contributed by atoms with Crippen LogP contribution in [-0.4, -0.2) is 45.2 Å². The van der Waals surface area contributed by atoms with Crippen molar-refractivity contribution in [3.8, 4) is 0 Å². The van der Waals surface area contributed by atoms with Gasteiger partial charge in [0.25, 0.3) is 0 Å². The van der Waals surface area contributed by atoms with Crippen LogP contribution in [0.5, 0.6) is 0 Å². The molecule has 2 rings (SSSR count). The molecule has 0 radical (unpaired) electrons. The first-order chi connectivity index (χ1) is 8.72. The van der Waals surface area contributed by atoms with Crippen LogP contribution in [0, 0.1) is 0 Å². The molecule has 0 bridgehead atoms. The topological polar surface area (TPSA) is 46.5 Å². The quantitative estimate of drug-likeness (QED) is 0.646. The van der Waals surface area contributed by atoms with Gasteiger partial charge in [-0.05, 0) is 0 Å². The van der Waals surface area contributed by atoms with E-state index in [1.807, 2.05) is 18.2 Å². The molecule has 0 amide bonds. The van der Waals surface area contributed by atoms with Crippen molar-refractivity contribution in [3.63, 3.8) is 0 Å². The zero-order valence-corrected chi connectivity index (χ0v) is 12.6. The molecule has 4 heteroatoms. The van der Waals surface area contributed by atoms with Crippen LogP contribution in [0.25, 0.3) is 0 Å². The predicted molar refractivity (Wildman–Crippen MR) is 70.7 cm³/mol. The van der Waals surface area contributed by atoms with Gasteiger partial charge in [0.1, 0.15) is 0 Å². The zero-order valence-electron chi connectivity index (χ0n) is 10.3. The number of carbonyl (C=O) groups is 1. The van der Waals surface area contributed by atoms with E-state index in [4.69, 9.17) is 4.74 Å². The molecule has 96 valence electrons. The first-order valence-electron chi connectivity index (χ1n) is 5.94. The van der Waals surface area contributed by atoms with Gasteiger partial charge in [0, 0.05) is 0 Å². The van der Waals surface area contributed by atoms with Crippen LogP contribution in [0.15, 0.2) is 39.5 Å². The van der Waals surface area contributed by atoms with Gasteiger partial charge in [0.15, 0.2) is 0 Å². The molecule has 1 aromatic rings. The van der Waals surface area contributed by atoms with E-state index >= 15 is 0 Å². The summed E-state index contributed by atoms with van der Waals surface area (Å²) < 4.78 is 7.21. The minimum absolute atomic E-state index is 0.363. The van der Waals surface area contributed by atoms with E-state index < -0.39 is 27.0 Å². The van der Waals surface area contributed by atoms with Crippen LogP contribution >= 0.6 is 0 Å². The van der Waals surface area contributed by atoms with Crippen molar-refractivity contribution in [2.75, 3.05) is 7.11 Å². The molecule has 0 saturated heterocycles. The molecule has 0 fully saturated rings. The van der Waals surface area contributed by atoms with Crippen LogP contribution in [-0.2, 0) is 9.53 Å². The molecule has 1 aromatic carbocycles. The SMILES string of the molecule is COC(=O)C1=C([Te]c2ccccc2)CCCC1O. The number of ether oxygens (including phenoxy) is 1. The number of hydrogen-bond acceptors (Lipinski definition) is 3. The predicted octanol–water partition coefficient (Wildman–Crippen LogP) is 0.988. The third-order valence-electron chi connectivity index (χ3n) is 2.90. The Hall–Kier alpha value is -0.820. The van der Waals surface area contributed by atoms with E-state index in [2.05, 4.69) is 12.1 Å². The van der Waals surface area contributed by atoms with E-state index in [0.29, 0.717) is 12.0 Å². The molecule has 1 aliphatic carbocycles. The molecular formula is C14H16O3Te. The summed E-state index contributed by atoms with van der Waals surface area (Å²) in [5, 5.41) is 9.98. The van der Waals surface area contributed by atoms with Crippen molar-refractivity contribution < 1.29 is 14.6 Å². The molecule has 0 heterocycles. The number of hydrogen-bond donors (Lipinski definition) is 1. The second-order valence-corrected chi connectivity index (χ2v) is 7.49. The number of aliphatic hydroxyl groups excluding tert-OH is 1. The molecule has 0 aromatic heterocycles. The van der Waals surface area contributed by atoms with Crippen molar-refractivity contribution in [1.29, 1.82) is 0 Å². The van der Waals surface area contributed by atoms with Crippen LogP contribution in [0.2, 0.25) is 0 Å². The summed E-state index contributed by atoms with van der Waals surface area (Å²) in [6.07, 6.45) is 1.89. The van der Waals surface area contributed by atoms with Crippen molar-refractivity contribution in [3.05, 3.63) is 39.5 Å². The number of carbonyl (C=O) groups excluding carboxylic acids is 1. The molecule has 3 nitrogen and oxygen atoms in total. The Morgan fingerprint density at radius 1 is 1.39 bits per heavy atom. The monoisotopic (exact) mass is 362 g/mol. The molecule has 1 aliphatic rings. The molecule has 0 aliphatic heterocycles. The summed E-state index contributed by atoms with van der Waals surface area (Å²) >= 11 is -0.581. The van der Waals surface area contributed by atoms with E-state index in [-0.39, 0.29) is 5.97 Å². The van der Waals surface area contributed by atoms with E-state index in [1.54, 1.807) is 0 Å². The van der Waals surface area contributed by atoms with E-state index in [9.17, 15) is 9.90 Å². The first kappa shape index (κ1) is 13.6. The fraction of sp³-hybridized carbons (Fsp3) is 0.357. The van der Waals surface area contributed by atoms with Gasteiger partial charge in [0.2, 0.25) is 0 Å². The Morgan fingerprint density at radius 2 is 2.11 bits per heavy atom. The minimum atomic E-state index is -0.644. The van der Waals surface area contributed by atoms with Crippen molar-refractivity contribution >= 4 is 30.5 Å². The molecule has 0 saturated carbocycles. The summed E-state index contributed by atoms with van der Waals surface area (Å²) in [5.74, 6) is -0.363. The maximum absolute atomic E-state index is 11.8. The Labute approximate surface area is 117 Å². The first-order valence-corrected chi connectivity index (χ1v) is 8.27. The average Bonchev–Trinajstić information content (AvgIpc) is 2.39. The Bertz CT molecular complexity index is 453. The molecule has 1 N–H and O–H groups in total. The summed E-state index contributed by atoms with van der Waals surface area (Å²) in [4.78, 5) is 11.8. The van der Waals surface area contributed by atoms with Crippen molar-refractivity contribution in [1.82, 2.24) is 0 Å². The summed E-state index contributed by atoms with van der Waals surface area (Å²) in [6.45, 7) is 0. The van der Waals surface area contributed by atoms with Crippen LogP contribution in [0.4, 0.5) is 0 Å². The van der Waals surface area contributed by atoms with Gasteiger partial charge >= 0.3 is 117 Å². The summed E-state index contributed by atoms with van der Waals surface area (Å²) in [5.41, 5.74) is 0.523. The van der Waals surface area contributed by atoms with Gasteiger partial charge in [-0.3, -0.25) is 0 Å². The summed E-state index contributed by atoms with van der Waals surface area (Å²) in [6, 6.07) is 10.2. The molecule has 1 unspecified atom stereocenters. The Morgan fingerprint density at radius 3 is 2.78 bits per heavy atom. The third kappa shape index (κ3) is 3.14. The second kappa shape index (κ2) is 6.38. The number of benzene rings is 1. The second-order valence-electron chi connectivity index (χ2n) is 4.15. The number of rotatable bonds is 3. The van der Waals surface area contributed by atoms with Crippen molar-refractivity contribution in [2.45, 2.75) is 25.4 Å². The fourth-order valence-electron chi connectivity index (χ4n) is 2.02. The fourth-order valence-corrected chi connectivity index (χ4v) is 5.31. The number of methoxy groups -OCH3 is 1. The van der Waals surface area contributed by atoms with Gasteiger partial charge in [-0.1, -0.05) is 0 Å². The average molecular weight is 360 g/mol. The normalized spacial score (nSPS) is 19.8. The summed E-state index contributed by atoms with van der Waals surface area (Å²) in [7, 11) is 1.37. The van der Waals surface area contributed by atoms with Crippen LogP contribution in [0.3, 0.4) is 0 Å². The molecular weight excluding hydrogens is 344 g/mol. The van der Waals surface area contributed by atoms with E-state index in [0.717, 1.165) is 16.5 Å². The third-order valence-corrected chi connectivity index (χ3v) is 6.27. The molecule has 0 spiro atoms. The van der Waals surface area contributed by atoms with Gasteiger partial charge in [-0.25, -0.2) is 0 Å². The van der Waals surface area contributed by atoms with Crippen LogP contribution in [0.1, 0.15) is 19.3 Å². The number of esters is 1.